The van der Waals surface area contributed by atoms with Gasteiger partial charge in [0.2, 0.25) is 0 Å². The van der Waals surface area contributed by atoms with Crippen molar-refractivity contribution in [1.82, 2.24) is 10.3 Å². The number of rotatable bonds is 4. The van der Waals surface area contributed by atoms with Crippen molar-refractivity contribution in [2.45, 2.75) is 25.5 Å². The second-order valence-corrected chi connectivity index (χ2v) is 4.91. The number of hydrazine groups is 1. The first-order chi connectivity index (χ1) is 8.74. The number of hydrogen-bond donors (Lipinski definition) is 2. The van der Waals surface area contributed by atoms with Gasteiger partial charge in [0.15, 0.2) is 0 Å². The largest absolute Gasteiger partial charge is 0.374 e. The molecule has 0 amide bonds. The highest BCUT2D eigenvalue weighted by Gasteiger charge is 2.27. The zero-order chi connectivity index (χ0) is 13.0. The summed E-state index contributed by atoms with van der Waals surface area (Å²) in [5.41, 5.74) is 5.44. The average Bonchev–Trinajstić information content (AvgIpc) is 2.40. The molecule has 0 saturated carbocycles. The molecule has 2 unspecified atom stereocenters. The molecule has 0 aromatic heterocycles. The molecule has 1 aromatic carbocycles. The predicted molar refractivity (Wildman–Crippen MR) is 73.1 cm³/mol. The Kier molecular flexibility index (Phi) is 4.72. The van der Waals surface area contributed by atoms with Crippen molar-refractivity contribution in [2.24, 2.45) is 5.84 Å². The van der Waals surface area contributed by atoms with Gasteiger partial charge < -0.3 is 9.64 Å². The van der Waals surface area contributed by atoms with E-state index in [4.69, 9.17) is 10.6 Å². The van der Waals surface area contributed by atoms with Gasteiger partial charge in [-0.2, -0.15) is 0 Å². The third-order valence-corrected chi connectivity index (χ3v) is 3.57. The maximum absolute atomic E-state index is 5.85. The van der Waals surface area contributed by atoms with E-state index in [1.807, 2.05) is 0 Å². The van der Waals surface area contributed by atoms with Crippen LogP contribution in [-0.2, 0) is 11.2 Å². The molecule has 3 N–H and O–H groups in total. The van der Waals surface area contributed by atoms with Crippen LogP contribution >= 0.6 is 0 Å². The van der Waals surface area contributed by atoms with Crippen molar-refractivity contribution in [3.63, 3.8) is 0 Å². The van der Waals surface area contributed by atoms with Crippen LogP contribution in [0.1, 0.15) is 24.1 Å². The molecule has 1 aromatic rings. The second-order valence-electron chi connectivity index (χ2n) is 4.91. The van der Waals surface area contributed by atoms with Crippen LogP contribution in [0.3, 0.4) is 0 Å². The van der Waals surface area contributed by atoms with Crippen LogP contribution in [-0.4, -0.2) is 37.7 Å². The van der Waals surface area contributed by atoms with Crippen LogP contribution in [0, 0.1) is 0 Å². The molecule has 4 nitrogen and oxygen atoms in total. The lowest BCUT2D eigenvalue weighted by atomic mass is 9.98. The van der Waals surface area contributed by atoms with E-state index in [0.717, 1.165) is 26.1 Å². The van der Waals surface area contributed by atoms with Crippen molar-refractivity contribution in [2.75, 3.05) is 26.7 Å². The van der Waals surface area contributed by atoms with E-state index in [1.54, 1.807) is 0 Å². The van der Waals surface area contributed by atoms with Gasteiger partial charge in [-0.15, -0.1) is 0 Å². The van der Waals surface area contributed by atoms with Gasteiger partial charge in [-0.25, -0.2) is 0 Å². The fourth-order valence-electron chi connectivity index (χ4n) is 2.44. The summed E-state index contributed by atoms with van der Waals surface area (Å²) in [7, 11) is 2.12. The van der Waals surface area contributed by atoms with Gasteiger partial charge in [-0.3, -0.25) is 11.3 Å². The van der Waals surface area contributed by atoms with Gasteiger partial charge in [0.05, 0.1) is 18.8 Å². The molecule has 2 atom stereocenters. The Labute approximate surface area is 109 Å². The van der Waals surface area contributed by atoms with Crippen LogP contribution in [0.25, 0.3) is 0 Å². The minimum absolute atomic E-state index is 0.0549. The highest BCUT2D eigenvalue weighted by Crippen LogP contribution is 2.22. The Balaban J connectivity index is 2.16. The Morgan fingerprint density at radius 1 is 1.56 bits per heavy atom. The molecule has 4 heteroatoms. The lowest BCUT2D eigenvalue weighted by Crippen LogP contribution is -2.48. The Morgan fingerprint density at radius 2 is 2.39 bits per heavy atom. The Hall–Kier alpha value is -0.940. The Bertz CT molecular complexity index is 383. The number of hydrogen-bond acceptors (Lipinski definition) is 4. The van der Waals surface area contributed by atoms with E-state index in [0.29, 0.717) is 0 Å². The van der Waals surface area contributed by atoms with E-state index in [2.05, 4.69) is 48.6 Å². The molecule has 100 valence electrons. The second kappa shape index (κ2) is 6.29. The van der Waals surface area contributed by atoms with E-state index in [1.165, 1.54) is 11.1 Å². The van der Waals surface area contributed by atoms with Gasteiger partial charge in [0.25, 0.3) is 0 Å². The molecule has 1 aliphatic heterocycles. The number of ether oxygens (including phenoxy) is 1. The fraction of sp³-hybridized carbons (Fsp3) is 0.571. The standard InChI is InChI=1S/C14H23N3O/c1-3-11-5-4-6-12(9-11)14(16-15)13-10-17(2)7-8-18-13/h4-6,9,13-14,16H,3,7-8,10,15H2,1-2H3. The highest BCUT2D eigenvalue weighted by atomic mass is 16.5. The van der Waals surface area contributed by atoms with Crippen LogP contribution in [0.15, 0.2) is 24.3 Å². The molecule has 2 rings (SSSR count). The zero-order valence-corrected chi connectivity index (χ0v) is 11.2. The number of aryl methyl sites for hydroxylation is 1. The summed E-state index contributed by atoms with van der Waals surface area (Å²) >= 11 is 0. The molecular weight excluding hydrogens is 226 g/mol. The van der Waals surface area contributed by atoms with Crippen molar-refractivity contribution in [3.05, 3.63) is 35.4 Å². The minimum Gasteiger partial charge on any atom is -0.374 e. The zero-order valence-electron chi connectivity index (χ0n) is 11.2. The van der Waals surface area contributed by atoms with E-state index < -0.39 is 0 Å². The first-order valence-electron chi connectivity index (χ1n) is 6.59. The fourth-order valence-corrected chi connectivity index (χ4v) is 2.44. The summed E-state index contributed by atoms with van der Waals surface area (Å²) < 4.78 is 5.85. The van der Waals surface area contributed by atoms with Gasteiger partial charge >= 0.3 is 0 Å². The van der Waals surface area contributed by atoms with Crippen molar-refractivity contribution in [3.8, 4) is 0 Å². The average molecular weight is 249 g/mol. The lowest BCUT2D eigenvalue weighted by molar-refractivity contribution is -0.0393. The maximum atomic E-state index is 5.85. The molecule has 1 fully saturated rings. The molecule has 1 saturated heterocycles. The molecule has 0 radical (unpaired) electrons. The van der Waals surface area contributed by atoms with Crippen LogP contribution < -0.4 is 11.3 Å². The summed E-state index contributed by atoms with van der Waals surface area (Å²) in [5, 5.41) is 0. The lowest BCUT2D eigenvalue weighted by Gasteiger charge is -2.35. The number of benzene rings is 1. The third-order valence-electron chi connectivity index (χ3n) is 3.57. The molecular formula is C14H23N3O. The monoisotopic (exact) mass is 249 g/mol. The SMILES string of the molecule is CCc1cccc(C(NN)C2CN(C)CCO2)c1. The minimum atomic E-state index is 0.0549. The topological polar surface area (TPSA) is 50.5 Å². The number of likely N-dealkylation sites (N-methyl/N-ethyl adjacent to an activating group) is 1. The molecule has 18 heavy (non-hydrogen) atoms. The molecule has 0 spiro atoms. The van der Waals surface area contributed by atoms with Gasteiger partial charge in [-0.05, 0) is 24.6 Å². The highest BCUT2D eigenvalue weighted by molar-refractivity contribution is 5.27. The number of morpholine rings is 1. The van der Waals surface area contributed by atoms with E-state index >= 15 is 0 Å². The number of nitrogens with one attached hydrogen (secondary N) is 1. The van der Waals surface area contributed by atoms with Crippen molar-refractivity contribution < 1.29 is 4.74 Å². The summed E-state index contributed by atoms with van der Waals surface area (Å²) in [6.07, 6.45) is 1.15. The van der Waals surface area contributed by atoms with Gasteiger partial charge in [0, 0.05) is 13.1 Å². The smallest absolute Gasteiger partial charge is 0.0909 e. The van der Waals surface area contributed by atoms with Crippen LogP contribution in [0.2, 0.25) is 0 Å². The first-order valence-corrected chi connectivity index (χ1v) is 6.59. The van der Waals surface area contributed by atoms with Crippen LogP contribution in [0.5, 0.6) is 0 Å². The van der Waals surface area contributed by atoms with E-state index in [-0.39, 0.29) is 12.1 Å². The number of nitrogens with two attached hydrogens (primary N) is 1. The number of nitrogens with zero attached hydrogens (tertiary/aromatic N) is 1. The van der Waals surface area contributed by atoms with Crippen molar-refractivity contribution in [1.29, 1.82) is 0 Å². The van der Waals surface area contributed by atoms with Crippen LogP contribution in [0.4, 0.5) is 0 Å². The molecule has 1 aliphatic rings. The summed E-state index contributed by atoms with van der Waals surface area (Å²) in [4.78, 5) is 2.28. The Morgan fingerprint density at radius 3 is 3.06 bits per heavy atom. The normalized spacial score (nSPS) is 22.9. The molecule has 0 aliphatic carbocycles. The molecule has 1 heterocycles. The molecule has 0 bridgehead atoms. The van der Waals surface area contributed by atoms with Gasteiger partial charge in [-0.1, -0.05) is 31.2 Å². The summed E-state index contributed by atoms with van der Waals surface area (Å²) in [6, 6.07) is 8.61. The van der Waals surface area contributed by atoms with E-state index in [9.17, 15) is 0 Å². The van der Waals surface area contributed by atoms with Gasteiger partial charge in [0.1, 0.15) is 0 Å². The maximum Gasteiger partial charge on any atom is 0.0909 e. The van der Waals surface area contributed by atoms with Crippen molar-refractivity contribution >= 4 is 0 Å². The quantitative estimate of drug-likeness (QED) is 0.619. The summed E-state index contributed by atoms with van der Waals surface area (Å²) in [6.45, 7) is 4.83. The summed E-state index contributed by atoms with van der Waals surface area (Å²) in [5.74, 6) is 5.72. The third kappa shape index (κ3) is 3.09. The first kappa shape index (κ1) is 13.5. The predicted octanol–water partition coefficient (Wildman–Crippen LogP) is 1.08.